The van der Waals surface area contributed by atoms with E-state index in [0.717, 1.165) is 19.3 Å². The van der Waals surface area contributed by atoms with Crippen molar-refractivity contribution in [2.75, 3.05) is 19.6 Å². The molecule has 1 aliphatic rings. The summed E-state index contributed by atoms with van der Waals surface area (Å²) < 4.78 is 0. The minimum absolute atomic E-state index is 0.00246. The molecule has 7 heteroatoms. The molecule has 2 atom stereocenters. The molecule has 1 saturated carbocycles. The fourth-order valence-corrected chi connectivity index (χ4v) is 3.92. The molecule has 0 aromatic rings. The van der Waals surface area contributed by atoms with Crippen molar-refractivity contribution in [3.63, 3.8) is 0 Å². The van der Waals surface area contributed by atoms with E-state index in [9.17, 15) is 14.4 Å². The van der Waals surface area contributed by atoms with Gasteiger partial charge in [-0.15, -0.1) is 0 Å². The van der Waals surface area contributed by atoms with Gasteiger partial charge in [0.2, 0.25) is 11.8 Å². The lowest BCUT2D eigenvalue weighted by Gasteiger charge is -2.25. The number of carbonyl (C=O) groups is 3. The molecular weight excluding hydrogens is 356 g/mol. The Bertz CT molecular complexity index is 478. The summed E-state index contributed by atoms with van der Waals surface area (Å²) in [5.41, 5.74) is 11.4. The van der Waals surface area contributed by atoms with Gasteiger partial charge >= 0.3 is 0 Å². The zero-order chi connectivity index (χ0) is 20.8. The molecule has 2 amide bonds. The normalized spacial score (nSPS) is 17.0. The largest absolute Gasteiger partial charge is 0.347 e. The van der Waals surface area contributed by atoms with Gasteiger partial charge in [0.25, 0.3) is 0 Å². The Kier molecular flexibility index (Phi) is 12.7. The minimum Gasteiger partial charge on any atom is -0.347 e. The standard InChI is InChI=1S/C21H40N4O3/c1-2-3-9-19(26)18(10-11-22)25-21(28)15-24-20(27)13-17(14-23)12-16-7-5-4-6-8-16/h16-18H,2-15,22-23H2,1H3,(H,24,27)(H,25,28)/t17?,18-/m0/s1. The zero-order valence-electron chi connectivity index (χ0n) is 17.5. The van der Waals surface area contributed by atoms with Crippen LogP contribution in [0.3, 0.4) is 0 Å². The van der Waals surface area contributed by atoms with Crippen LogP contribution < -0.4 is 22.1 Å². The number of amides is 2. The monoisotopic (exact) mass is 396 g/mol. The SMILES string of the molecule is CCCCC(=O)[C@H](CCN)NC(=O)CNC(=O)CC(CN)CC1CCCCC1. The van der Waals surface area contributed by atoms with Crippen LogP contribution in [0.4, 0.5) is 0 Å². The van der Waals surface area contributed by atoms with E-state index in [1.165, 1.54) is 32.1 Å². The van der Waals surface area contributed by atoms with Crippen LogP contribution in [-0.2, 0) is 14.4 Å². The number of nitrogens with one attached hydrogen (secondary N) is 2. The molecule has 1 aliphatic carbocycles. The second-order valence-corrected chi connectivity index (χ2v) is 8.09. The Hall–Kier alpha value is -1.47. The second-order valence-electron chi connectivity index (χ2n) is 8.09. The molecule has 0 saturated heterocycles. The highest BCUT2D eigenvalue weighted by Crippen LogP contribution is 2.29. The summed E-state index contributed by atoms with van der Waals surface area (Å²) in [6, 6.07) is -0.566. The summed E-state index contributed by atoms with van der Waals surface area (Å²) in [6.07, 6.45) is 10.2. The van der Waals surface area contributed by atoms with Crippen LogP contribution in [0.1, 0.15) is 77.6 Å². The van der Waals surface area contributed by atoms with Gasteiger partial charge in [0.15, 0.2) is 5.78 Å². The highest BCUT2D eigenvalue weighted by molar-refractivity contribution is 5.91. The van der Waals surface area contributed by atoms with Crippen molar-refractivity contribution in [2.45, 2.75) is 83.6 Å². The van der Waals surface area contributed by atoms with E-state index in [-0.39, 0.29) is 30.1 Å². The minimum atomic E-state index is -0.566. The smallest absolute Gasteiger partial charge is 0.239 e. The van der Waals surface area contributed by atoms with Crippen molar-refractivity contribution in [3.05, 3.63) is 0 Å². The van der Waals surface area contributed by atoms with Crippen molar-refractivity contribution >= 4 is 17.6 Å². The average Bonchev–Trinajstić information content (AvgIpc) is 2.70. The molecule has 0 bridgehead atoms. The summed E-state index contributed by atoms with van der Waals surface area (Å²) in [4.78, 5) is 36.5. The van der Waals surface area contributed by atoms with Crippen LogP contribution >= 0.6 is 0 Å². The van der Waals surface area contributed by atoms with Gasteiger partial charge in [0, 0.05) is 12.8 Å². The van der Waals surface area contributed by atoms with Gasteiger partial charge in [-0.2, -0.15) is 0 Å². The van der Waals surface area contributed by atoms with E-state index in [4.69, 9.17) is 11.5 Å². The third-order valence-electron chi connectivity index (χ3n) is 5.60. The molecule has 1 fully saturated rings. The molecule has 0 aromatic carbocycles. The van der Waals surface area contributed by atoms with Crippen molar-refractivity contribution in [3.8, 4) is 0 Å². The Morgan fingerprint density at radius 3 is 2.39 bits per heavy atom. The highest BCUT2D eigenvalue weighted by Gasteiger charge is 2.22. The van der Waals surface area contributed by atoms with Gasteiger partial charge in [-0.3, -0.25) is 14.4 Å². The van der Waals surface area contributed by atoms with Crippen LogP contribution in [0.25, 0.3) is 0 Å². The van der Waals surface area contributed by atoms with E-state index in [2.05, 4.69) is 10.6 Å². The quantitative estimate of drug-likeness (QED) is 0.355. The van der Waals surface area contributed by atoms with Gasteiger partial charge in [-0.1, -0.05) is 45.4 Å². The fourth-order valence-electron chi connectivity index (χ4n) is 3.92. The molecule has 162 valence electrons. The summed E-state index contributed by atoms with van der Waals surface area (Å²) in [7, 11) is 0. The molecule has 6 N–H and O–H groups in total. The third kappa shape index (κ3) is 10.2. The first kappa shape index (κ1) is 24.6. The van der Waals surface area contributed by atoms with Crippen LogP contribution in [-0.4, -0.2) is 43.3 Å². The molecule has 7 nitrogen and oxygen atoms in total. The molecule has 0 heterocycles. The van der Waals surface area contributed by atoms with Crippen molar-refractivity contribution < 1.29 is 14.4 Å². The van der Waals surface area contributed by atoms with E-state index in [1.807, 2.05) is 6.92 Å². The van der Waals surface area contributed by atoms with Gasteiger partial charge in [-0.25, -0.2) is 0 Å². The molecule has 0 aliphatic heterocycles. The van der Waals surface area contributed by atoms with E-state index in [0.29, 0.717) is 38.3 Å². The predicted molar refractivity (Wildman–Crippen MR) is 111 cm³/mol. The zero-order valence-corrected chi connectivity index (χ0v) is 17.5. The van der Waals surface area contributed by atoms with Crippen LogP contribution in [0.5, 0.6) is 0 Å². The number of unbranched alkanes of at least 4 members (excludes halogenated alkanes) is 1. The Balaban J connectivity index is 2.35. The van der Waals surface area contributed by atoms with Gasteiger partial charge in [-0.05, 0) is 44.2 Å². The average molecular weight is 397 g/mol. The lowest BCUT2D eigenvalue weighted by Crippen LogP contribution is -2.46. The van der Waals surface area contributed by atoms with Crippen molar-refractivity contribution in [2.24, 2.45) is 23.3 Å². The molecule has 0 spiro atoms. The molecule has 0 aromatic heterocycles. The summed E-state index contributed by atoms with van der Waals surface area (Å²) in [5, 5.41) is 5.37. The maximum Gasteiger partial charge on any atom is 0.239 e. The third-order valence-corrected chi connectivity index (χ3v) is 5.60. The van der Waals surface area contributed by atoms with Gasteiger partial charge < -0.3 is 22.1 Å². The molecule has 1 rings (SSSR count). The van der Waals surface area contributed by atoms with Crippen LogP contribution in [0, 0.1) is 11.8 Å². The maximum atomic E-state index is 12.2. The topological polar surface area (TPSA) is 127 Å². The van der Waals surface area contributed by atoms with E-state index >= 15 is 0 Å². The first-order valence-electron chi connectivity index (χ1n) is 11.0. The highest BCUT2D eigenvalue weighted by atomic mass is 16.2. The second kappa shape index (κ2) is 14.5. The van der Waals surface area contributed by atoms with Crippen LogP contribution in [0.15, 0.2) is 0 Å². The Labute approximate surface area is 169 Å². The number of rotatable bonds is 14. The molecule has 28 heavy (non-hydrogen) atoms. The lowest BCUT2D eigenvalue weighted by atomic mass is 9.82. The number of Topliss-reactive ketones (excluding diaryl/α,β-unsaturated/α-hetero) is 1. The molecule has 1 unspecified atom stereocenters. The van der Waals surface area contributed by atoms with E-state index in [1.54, 1.807) is 0 Å². The summed E-state index contributed by atoms with van der Waals surface area (Å²) in [6.45, 7) is 2.71. The number of hydrogen-bond donors (Lipinski definition) is 4. The Morgan fingerprint density at radius 2 is 1.79 bits per heavy atom. The fraction of sp³-hybridized carbons (Fsp3) is 0.857. The Morgan fingerprint density at radius 1 is 1.07 bits per heavy atom. The number of ketones is 1. The first-order valence-corrected chi connectivity index (χ1v) is 11.0. The maximum absolute atomic E-state index is 12.2. The van der Waals surface area contributed by atoms with Crippen molar-refractivity contribution in [1.29, 1.82) is 0 Å². The van der Waals surface area contributed by atoms with Gasteiger partial charge in [0.05, 0.1) is 12.6 Å². The van der Waals surface area contributed by atoms with Crippen molar-refractivity contribution in [1.82, 2.24) is 10.6 Å². The molecule has 0 radical (unpaired) electrons. The number of carbonyl (C=O) groups excluding carboxylic acids is 3. The van der Waals surface area contributed by atoms with Gasteiger partial charge in [0.1, 0.15) is 0 Å². The number of hydrogen-bond acceptors (Lipinski definition) is 5. The summed E-state index contributed by atoms with van der Waals surface area (Å²) in [5.74, 6) is 0.321. The van der Waals surface area contributed by atoms with Crippen LogP contribution in [0.2, 0.25) is 0 Å². The summed E-state index contributed by atoms with van der Waals surface area (Å²) >= 11 is 0. The first-order chi connectivity index (χ1) is 13.5. The molecular formula is C21H40N4O3. The predicted octanol–water partition coefficient (Wildman–Crippen LogP) is 1.63. The van der Waals surface area contributed by atoms with E-state index < -0.39 is 6.04 Å². The number of nitrogens with two attached hydrogens (primary N) is 2. The lowest BCUT2D eigenvalue weighted by molar-refractivity contribution is -0.129.